The smallest absolute Gasteiger partial charge is 0.0630 e. The molecule has 0 spiro atoms. The van der Waals surface area contributed by atoms with E-state index in [-0.39, 0.29) is 6.10 Å². The largest absolute Gasteiger partial charge is 0.392 e. The van der Waals surface area contributed by atoms with Crippen LogP contribution >= 0.6 is 11.8 Å². The molecule has 0 heterocycles. The summed E-state index contributed by atoms with van der Waals surface area (Å²) in [7, 11) is 0. The van der Waals surface area contributed by atoms with Crippen LogP contribution in [0, 0.1) is 0 Å². The van der Waals surface area contributed by atoms with Gasteiger partial charge in [0.1, 0.15) is 0 Å². The van der Waals surface area contributed by atoms with Crippen LogP contribution < -0.4 is 0 Å². The Morgan fingerprint density at radius 2 is 1.92 bits per heavy atom. The van der Waals surface area contributed by atoms with Gasteiger partial charge in [-0.15, -0.1) is 0 Å². The van der Waals surface area contributed by atoms with Gasteiger partial charge in [-0.2, -0.15) is 11.8 Å². The number of aliphatic hydroxyl groups excluding tert-OH is 1. The van der Waals surface area contributed by atoms with Crippen LogP contribution in [0.5, 0.6) is 0 Å². The van der Waals surface area contributed by atoms with Crippen LogP contribution in [-0.4, -0.2) is 22.2 Å². The first kappa shape index (κ1) is 13.3. The Hall–Kier alpha value is 0.310. The second kappa shape index (κ2) is 8.89. The van der Waals surface area contributed by atoms with Gasteiger partial charge in [0.25, 0.3) is 0 Å². The minimum Gasteiger partial charge on any atom is -0.392 e. The SMILES string of the molecule is CCCCCC(O)CSC(C)CC. The third kappa shape index (κ3) is 8.63. The summed E-state index contributed by atoms with van der Waals surface area (Å²) in [5.41, 5.74) is 0. The van der Waals surface area contributed by atoms with Gasteiger partial charge in [0, 0.05) is 11.0 Å². The lowest BCUT2D eigenvalue weighted by molar-refractivity contribution is 0.185. The molecular weight excluding hydrogens is 180 g/mol. The van der Waals surface area contributed by atoms with Crippen molar-refractivity contribution in [2.24, 2.45) is 0 Å². The lowest BCUT2D eigenvalue weighted by Gasteiger charge is -2.12. The number of unbranched alkanes of at least 4 members (excludes halogenated alkanes) is 2. The molecule has 0 saturated heterocycles. The van der Waals surface area contributed by atoms with Crippen molar-refractivity contribution in [3.63, 3.8) is 0 Å². The van der Waals surface area contributed by atoms with E-state index >= 15 is 0 Å². The standard InChI is InChI=1S/C11H24OS/c1-4-6-7-8-11(12)9-13-10(3)5-2/h10-12H,4-9H2,1-3H3. The van der Waals surface area contributed by atoms with E-state index in [0.717, 1.165) is 12.2 Å². The maximum Gasteiger partial charge on any atom is 0.0630 e. The van der Waals surface area contributed by atoms with Gasteiger partial charge < -0.3 is 5.11 Å². The lowest BCUT2D eigenvalue weighted by Crippen LogP contribution is -2.11. The fraction of sp³-hybridized carbons (Fsp3) is 1.00. The van der Waals surface area contributed by atoms with Gasteiger partial charge in [0.05, 0.1) is 6.10 Å². The lowest BCUT2D eigenvalue weighted by atomic mass is 10.1. The molecule has 0 bridgehead atoms. The molecule has 80 valence electrons. The topological polar surface area (TPSA) is 20.2 Å². The second-order valence-electron chi connectivity index (χ2n) is 3.70. The summed E-state index contributed by atoms with van der Waals surface area (Å²) >= 11 is 1.89. The van der Waals surface area contributed by atoms with E-state index in [9.17, 15) is 5.11 Å². The Balaban J connectivity index is 3.24. The maximum absolute atomic E-state index is 9.60. The fourth-order valence-electron chi connectivity index (χ4n) is 1.11. The Bertz CT molecular complexity index is 106. The van der Waals surface area contributed by atoms with Gasteiger partial charge in [0.2, 0.25) is 0 Å². The highest BCUT2D eigenvalue weighted by atomic mass is 32.2. The Labute approximate surface area is 87.3 Å². The van der Waals surface area contributed by atoms with E-state index in [1.54, 1.807) is 0 Å². The van der Waals surface area contributed by atoms with Crippen LogP contribution in [0.25, 0.3) is 0 Å². The summed E-state index contributed by atoms with van der Waals surface area (Å²) in [6.45, 7) is 6.62. The summed E-state index contributed by atoms with van der Waals surface area (Å²) in [5, 5.41) is 10.3. The molecule has 0 aliphatic carbocycles. The van der Waals surface area contributed by atoms with Gasteiger partial charge >= 0.3 is 0 Å². The Morgan fingerprint density at radius 1 is 1.23 bits per heavy atom. The predicted octanol–water partition coefficient (Wildman–Crippen LogP) is 3.46. The molecule has 2 heteroatoms. The van der Waals surface area contributed by atoms with E-state index in [2.05, 4.69) is 20.8 Å². The van der Waals surface area contributed by atoms with Crippen LogP contribution in [0.15, 0.2) is 0 Å². The molecule has 0 aliphatic heterocycles. The van der Waals surface area contributed by atoms with E-state index < -0.39 is 0 Å². The highest BCUT2D eigenvalue weighted by molar-refractivity contribution is 7.99. The Morgan fingerprint density at radius 3 is 2.46 bits per heavy atom. The van der Waals surface area contributed by atoms with Gasteiger partial charge in [-0.05, 0) is 12.8 Å². The van der Waals surface area contributed by atoms with Crippen LogP contribution in [0.1, 0.15) is 52.9 Å². The van der Waals surface area contributed by atoms with Gasteiger partial charge in [-0.1, -0.05) is 40.0 Å². The third-order valence-corrected chi connectivity index (χ3v) is 3.77. The molecule has 0 radical (unpaired) electrons. The molecule has 0 aromatic heterocycles. The van der Waals surface area contributed by atoms with E-state index in [0.29, 0.717) is 5.25 Å². The van der Waals surface area contributed by atoms with E-state index in [1.807, 2.05) is 11.8 Å². The van der Waals surface area contributed by atoms with Crippen LogP contribution in [0.2, 0.25) is 0 Å². The highest BCUT2D eigenvalue weighted by Crippen LogP contribution is 2.16. The van der Waals surface area contributed by atoms with E-state index in [4.69, 9.17) is 0 Å². The third-order valence-electron chi connectivity index (χ3n) is 2.29. The van der Waals surface area contributed by atoms with Crippen LogP contribution in [0.4, 0.5) is 0 Å². The molecule has 2 unspecified atom stereocenters. The minimum atomic E-state index is -0.0782. The average Bonchev–Trinajstić information content (AvgIpc) is 2.14. The van der Waals surface area contributed by atoms with Crippen molar-refractivity contribution in [2.45, 2.75) is 64.2 Å². The zero-order valence-corrected chi connectivity index (χ0v) is 10.1. The minimum absolute atomic E-state index is 0.0782. The number of hydrogen-bond donors (Lipinski definition) is 1. The first-order valence-electron chi connectivity index (χ1n) is 5.50. The van der Waals surface area contributed by atoms with Gasteiger partial charge in [-0.3, -0.25) is 0 Å². The number of aliphatic hydroxyl groups is 1. The molecule has 0 fully saturated rings. The summed E-state index contributed by atoms with van der Waals surface area (Å²) in [6, 6.07) is 0. The first-order chi connectivity index (χ1) is 6.20. The molecule has 1 N–H and O–H groups in total. The molecule has 0 aliphatic rings. The van der Waals surface area contributed by atoms with Crippen molar-refractivity contribution < 1.29 is 5.11 Å². The molecule has 0 aromatic rings. The molecular formula is C11H24OS. The summed E-state index contributed by atoms with van der Waals surface area (Å²) in [5.74, 6) is 0.915. The maximum atomic E-state index is 9.60. The van der Waals surface area contributed by atoms with Crippen molar-refractivity contribution in [3.8, 4) is 0 Å². The van der Waals surface area contributed by atoms with Crippen LogP contribution in [-0.2, 0) is 0 Å². The van der Waals surface area contributed by atoms with Crippen molar-refractivity contribution >= 4 is 11.8 Å². The Kier molecular flexibility index (Phi) is 9.10. The average molecular weight is 204 g/mol. The second-order valence-corrected chi connectivity index (χ2v) is 5.17. The quantitative estimate of drug-likeness (QED) is 0.611. The number of hydrogen-bond acceptors (Lipinski definition) is 2. The molecule has 0 rings (SSSR count). The molecule has 13 heavy (non-hydrogen) atoms. The van der Waals surface area contributed by atoms with Crippen LogP contribution in [0.3, 0.4) is 0 Å². The molecule has 0 saturated carbocycles. The summed E-state index contributed by atoms with van der Waals surface area (Å²) in [4.78, 5) is 0. The zero-order chi connectivity index (χ0) is 10.1. The summed E-state index contributed by atoms with van der Waals surface area (Å²) in [6.07, 6.45) is 5.78. The normalized spacial score (nSPS) is 15.7. The highest BCUT2D eigenvalue weighted by Gasteiger charge is 2.06. The van der Waals surface area contributed by atoms with Gasteiger partial charge in [0.15, 0.2) is 0 Å². The number of rotatable bonds is 8. The molecule has 1 nitrogen and oxygen atoms in total. The predicted molar refractivity (Wildman–Crippen MR) is 62.4 cm³/mol. The molecule has 0 amide bonds. The number of thioether (sulfide) groups is 1. The van der Waals surface area contributed by atoms with Crippen molar-refractivity contribution in [1.82, 2.24) is 0 Å². The summed E-state index contributed by atoms with van der Waals surface area (Å²) < 4.78 is 0. The first-order valence-corrected chi connectivity index (χ1v) is 6.55. The molecule has 0 aromatic carbocycles. The van der Waals surface area contributed by atoms with Crippen molar-refractivity contribution in [2.75, 3.05) is 5.75 Å². The van der Waals surface area contributed by atoms with Crippen molar-refractivity contribution in [1.29, 1.82) is 0 Å². The molecule has 2 atom stereocenters. The van der Waals surface area contributed by atoms with Crippen molar-refractivity contribution in [3.05, 3.63) is 0 Å². The van der Waals surface area contributed by atoms with E-state index in [1.165, 1.54) is 25.7 Å². The zero-order valence-electron chi connectivity index (χ0n) is 9.25. The van der Waals surface area contributed by atoms with Gasteiger partial charge in [-0.25, -0.2) is 0 Å². The monoisotopic (exact) mass is 204 g/mol. The fourth-order valence-corrected chi connectivity index (χ4v) is 2.06.